The van der Waals surface area contributed by atoms with Crippen molar-refractivity contribution >= 4 is 28.8 Å². The SMILES string of the molecule is Cc1ncc(CN(C)C(=O)c2cc(F)cnc2Cl)s1. The first-order valence-corrected chi connectivity index (χ1v) is 6.64. The number of carbonyl (C=O) groups excluding carboxylic acids is 1. The molecule has 0 aliphatic heterocycles. The van der Waals surface area contributed by atoms with Crippen LogP contribution < -0.4 is 0 Å². The summed E-state index contributed by atoms with van der Waals surface area (Å²) in [6, 6.07) is 1.09. The highest BCUT2D eigenvalue weighted by molar-refractivity contribution is 7.11. The third-order valence-electron chi connectivity index (χ3n) is 2.44. The lowest BCUT2D eigenvalue weighted by atomic mass is 10.2. The molecule has 4 nitrogen and oxygen atoms in total. The van der Waals surface area contributed by atoms with E-state index in [9.17, 15) is 9.18 Å². The summed E-state index contributed by atoms with van der Waals surface area (Å²) in [6.45, 7) is 2.29. The fourth-order valence-corrected chi connectivity index (χ4v) is 2.59. The van der Waals surface area contributed by atoms with E-state index >= 15 is 0 Å². The van der Waals surface area contributed by atoms with Gasteiger partial charge in [0.2, 0.25) is 0 Å². The summed E-state index contributed by atoms with van der Waals surface area (Å²) >= 11 is 7.32. The molecule has 0 bridgehead atoms. The van der Waals surface area contributed by atoms with Gasteiger partial charge in [-0.15, -0.1) is 11.3 Å². The van der Waals surface area contributed by atoms with Crippen molar-refractivity contribution in [3.63, 3.8) is 0 Å². The van der Waals surface area contributed by atoms with Crippen LogP contribution in [0.4, 0.5) is 4.39 Å². The van der Waals surface area contributed by atoms with Crippen LogP contribution in [0.3, 0.4) is 0 Å². The minimum Gasteiger partial charge on any atom is -0.336 e. The molecule has 0 saturated carbocycles. The van der Waals surface area contributed by atoms with Gasteiger partial charge in [0.1, 0.15) is 11.0 Å². The zero-order chi connectivity index (χ0) is 14.0. The van der Waals surface area contributed by atoms with Gasteiger partial charge in [0.15, 0.2) is 0 Å². The number of aromatic nitrogens is 2. The second-order valence-electron chi connectivity index (χ2n) is 4.00. The minimum absolute atomic E-state index is 0.00117. The lowest BCUT2D eigenvalue weighted by molar-refractivity contribution is 0.0785. The van der Waals surface area contributed by atoms with Crippen molar-refractivity contribution in [2.45, 2.75) is 13.5 Å². The molecule has 19 heavy (non-hydrogen) atoms. The highest BCUT2D eigenvalue weighted by Crippen LogP contribution is 2.18. The van der Waals surface area contributed by atoms with E-state index in [-0.39, 0.29) is 16.6 Å². The molecule has 2 heterocycles. The average Bonchev–Trinajstić information content (AvgIpc) is 2.77. The molecule has 0 spiro atoms. The topological polar surface area (TPSA) is 46.1 Å². The van der Waals surface area contributed by atoms with Crippen LogP contribution in [0.1, 0.15) is 20.2 Å². The van der Waals surface area contributed by atoms with E-state index in [1.807, 2.05) is 6.92 Å². The highest BCUT2D eigenvalue weighted by Gasteiger charge is 2.17. The molecule has 0 radical (unpaired) electrons. The van der Waals surface area contributed by atoms with Gasteiger partial charge in [0.05, 0.1) is 23.3 Å². The van der Waals surface area contributed by atoms with Gasteiger partial charge in [-0.25, -0.2) is 14.4 Å². The fourth-order valence-electron chi connectivity index (χ4n) is 1.56. The maximum absolute atomic E-state index is 13.1. The van der Waals surface area contributed by atoms with E-state index in [1.165, 1.54) is 16.2 Å². The van der Waals surface area contributed by atoms with Crippen LogP contribution in [0, 0.1) is 12.7 Å². The Kier molecular flexibility index (Phi) is 4.11. The smallest absolute Gasteiger partial charge is 0.257 e. The number of nitrogens with zero attached hydrogens (tertiary/aromatic N) is 3. The maximum atomic E-state index is 13.1. The lowest BCUT2D eigenvalue weighted by Gasteiger charge is -2.16. The number of carbonyl (C=O) groups is 1. The Morgan fingerprint density at radius 1 is 1.47 bits per heavy atom. The molecule has 2 aromatic heterocycles. The van der Waals surface area contributed by atoms with E-state index in [1.54, 1.807) is 13.2 Å². The van der Waals surface area contributed by atoms with Gasteiger partial charge < -0.3 is 4.90 Å². The van der Waals surface area contributed by atoms with Crippen LogP contribution in [-0.2, 0) is 6.54 Å². The standard InChI is InChI=1S/C12H11ClFN3OS/c1-7-15-5-9(19-7)6-17(2)12(18)10-3-8(14)4-16-11(10)13/h3-5H,6H2,1-2H3. The third kappa shape index (κ3) is 3.27. The summed E-state index contributed by atoms with van der Waals surface area (Å²) in [4.78, 5) is 22.3. The zero-order valence-electron chi connectivity index (χ0n) is 10.4. The predicted molar refractivity (Wildman–Crippen MR) is 71.9 cm³/mol. The van der Waals surface area contributed by atoms with E-state index in [2.05, 4.69) is 9.97 Å². The minimum atomic E-state index is -0.588. The van der Waals surface area contributed by atoms with Crippen LogP contribution in [0.25, 0.3) is 0 Å². The maximum Gasteiger partial charge on any atom is 0.257 e. The van der Waals surface area contributed by atoms with E-state index in [4.69, 9.17) is 11.6 Å². The number of aryl methyl sites for hydroxylation is 1. The molecular weight excluding hydrogens is 289 g/mol. The molecule has 0 aromatic carbocycles. The van der Waals surface area contributed by atoms with Crippen LogP contribution >= 0.6 is 22.9 Å². The fraction of sp³-hybridized carbons (Fsp3) is 0.250. The van der Waals surface area contributed by atoms with E-state index < -0.39 is 5.82 Å². The Balaban J connectivity index is 2.16. The Hall–Kier alpha value is -1.53. The number of halogens is 2. The summed E-state index contributed by atoms with van der Waals surface area (Å²) in [7, 11) is 1.62. The molecular formula is C12H11ClFN3OS. The molecule has 0 fully saturated rings. The van der Waals surface area contributed by atoms with Gasteiger partial charge in [-0.1, -0.05) is 11.6 Å². The molecule has 0 aliphatic rings. The Bertz CT molecular complexity index is 617. The number of thiazole rings is 1. The van der Waals surface area contributed by atoms with Crippen LogP contribution in [0.5, 0.6) is 0 Å². The normalized spacial score (nSPS) is 10.5. The third-order valence-corrected chi connectivity index (χ3v) is 3.64. The van der Waals surface area contributed by atoms with Crippen molar-refractivity contribution in [2.24, 2.45) is 0 Å². The summed E-state index contributed by atoms with van der Waals surface area (Å²) in [5.41, 5.74) is 0.0606. The number of rotatable bonds is 3. The number of pyridine rings is 1. The Morgan fingerprint density at radius 2 is 2.21 bits per heavy atom. The molecule has 7 heteroatoms. The molecule has 2 rings (SSSR count). The van der Waals surface area contributed by atoms with E-state index in [0.29, 0.717) is 6.54 Å². The summed E-state index contributed by atoms with van der Waals surface area (Å²) in [5, 5.41) is 0.931. The molecule has 2 aromatic rings. The number of hydrogen-bond donors (Lipinski definition) is 0. The van der Waals surface area contributed by atoms with Crippen molar-refractivity contribution in [3.8, 4) is 0 Å². The summed E-state index contributed by atoms with van der Waals surface area (Å²) in [6.07, 6.45) is 2.70. The molecule has 0 atom stereocenters. The number of amides is 1. The Labute approximate surface area is 118 Å². The van der Waals surface area contributed by atoms with Gasteiger partial charge in [0.25, 0.3) is 5.91 Å². The van der Waals surface area contributed by atoms with Crippen molar-refractivity contribution in [3.05, 3.63) is 44.9 Å². The van der Waals surface area contributed by atoms with Gasteiger partial charge in [0, 0.05) is 18.1 Å². The molecule has 1 amide bonds. The zero-order valence-corrected chi connectivity index (χ0v) is 11.9. The van der Waals surface area contributed by atoms with Gasteiger partial charge >= 0.3 is 0 Å². The molecule has 100 valence electrons. The van der Waals surface area contributed by atoms with Crippen LogP contribution in [-0.4, -0.2) is 27.8 Å². The van der Waals surface area contributed by atoms with Crippen molar-refractivity contribution in [2.75, 3.05) is 7.05 Å². The first kappa shape index (κ1) is 13.9. The van der Waals surface area contributed by atoms with Gasteiger partial charge in [-0.05, 0) is 13.0 Å². The van der Waals surface area contributed by atoms with Crippen molar-refractivity contribution in [1.82, 2.24) is 14.9 Å². The number of hydrogen-bond acceptors (Lipinski definition) is 4. The first-order chi connectivity index (χ1) is 8.97. The van der Waals surface area contributed by atoms with Gasteiger partial charge in [-0.2, -0.15) is 0 Å². The summed E-state index contributed by atoms with van der Waals surface area (Å²) < 4.78 is 13.1. The average molecular weight is 300 g/mol. The monoisotopic (exact) mass is 299 g/mol. The highest BCUT2D eigenvalue weighted by atomic mass is 35.5. The molecule has 0 N–H and O–H groups in total. The van der Waals surface area contributed by atoms with Crippen molar-refractivity contribution in [1.29, 1.82) is 0 Å². The molecule has 0 saturated heterocycles. The quantitative estimate of drug-likeness (QED) is 0.819. The first-order valence-electron chi connectivity index (χ1n) is 5.45. The van der Waals surface area contributed by atoms with Gasteiger partial charge in [-0.3, -0.25) is 4.79 Å². The van der Waals surface area contributed by atoms with Crippen molar-refractivity contribution < 1.29 is 9.18 Å². The predicted octanol–water partition coefficient (Wildman–Crippen LogP) is 2.91. The van der Waals surface area contributed by atoms with Crippen LogP contribution in [0.15, 0.2) is 18.5 Å². The van der Waals surface area contributed by atoms with Crippen LogP contribution in [0.2, 0.25) is 5.15 Å². The second kappa shape index (κ2) is 5.63. The lowest BCUT2D eigenvalue weighted by Crippen LogP contribution is -2.26. The summed E-state index contributed by atoms with van der Waals surface area (Å²) in [5.74, 6) is -0.960. The molecule has 0 aliphatic carbocycles. The largest absolute Gasteiger partial charge is 0.336 e. The Morgan fingerprint density at radius 3 is 2.84 bits per heavy atom. The second-order valence-corrected chi connectivity index (χ2v) is 5.68. The molecule has 0 unspecified atom stereocenters. The van der Waals surface area contributed by atoms with E-state index in [0.717, 1.165) is 22.1 Å².